The van der Waals surface area contributed by atoms with Gasteiger partial charge < -0.3 is 14.2 Å². The van der Waals surface area contributed by atoms with Crippen LogP contribution in [0.4, 0.5) is 26.0 Å². The highest BCUT2D eigenvalue weighted by Gasteiger charge is 2.38. The minimum absolute atomic E-state index is 0.00761. The van der Waals surface area contributed by atoms with Crippen molar-refractivity contribution in [1.29, 1.82) is 5.26 Å². The highest BCUT2D eigenvalue weighted by atomic mass is 16.8. The van der Waals surface area contributed by atoms with Crippen LogP contribution >= 0.6 is 0 Å². The van der Waals surface area contributed by atoms with Gasteiger partial charge in [0, 0.05) is 24.8 Å². The van der Waals surface area contributed by atoms with E-state index in [0.29, 0.717) is 23.6 Å². The number of carbonyl (C=O) groups is 5. The molecule has 44 heavy (non-hydrogen) atoms. The topological polar surface area (TPSA) is 196 Å². The standard InChI is InChI=1S/C28H33N7O9/c1-27(2,3)42-24(38)33(20-15-30-17(13-29)14-31-20)21-12-19(32-34(21)25(39)43-28(4,5)6)16-7-8-18(11-16)41-26(40)44-35-22(36)9-10-23(35)37/h12,14-16,18H,7-11H2,1-6H3/t16-,18+/m0/s1. The van der Waals surface area contributed by atoms with Gasteiger partial charge in [0.05, 0.1) is 18.1 Å². The summed E-state index contributed by atoms with van der Waals surface area (Å²) in [7, 11) is 0. The maximum Gasteiger partial charge on any atom is 0.534 e. The maximum absolute atomic E-state index is 13.5. The molecule has 0 unspecified atom stereocenters. The molecule has 2 aromatic heterocycles. The van der Waals surface area contributed by atoms with Gasteiger partial charge in [0.1, 0.15) is 23.4 Å². The summed E-state index contributed by atoms with van der Waals surface area (Å²) in [5.74, 6) is -1.69. The quantitative estimate of drug-likeness (QED) is 0.264. The van der Waals surface area contributed by atoms with Gasteiger partial charge in [-0.2, -0.15) is 10.4 Å². The number of hydrogen-bond donors (Lipinski definition) is 0. The Hall–Kier alpha value is -5.07. The van der Waals surface area contributed by atoms with Gasteiger partial charge in [-0.05, 0) is 60.8 Å². The molecule has 3 amide bonds. The van der Waals surface area contributed by atoms with Crippen LogP contribution in [0.15, 0.2) is 18.5 Å². The Morgan fingerprint density at radius 1 is 0.977 bits per heavy atom. The van der Waals surface area contributed by atoms with Crippen LogP contribution in [0, 0.1) is 11.3 Å². The van der Waals surface area contributed by atoms with Crippen LogP contribution < -0.4 is 4.90 Å². The van der Waals surface area contributed by atoms with E-state index in [1.807, 2.05) is 6.07 Å². The third kappa shape index (κ3) is 7.65. The van der Waals surface area contributed by atoms with Crippen molar-refractivity contribution in [3.8, 4) is 6.07 Å². The SMILES string of the molecule is CC(C)(C)OC(=O)N(c1cnc(C#N)cn1)c1cc([C@H]2CC[C@@H](OC(=O)ON3C(=O)CCC3=O)C2)nn1C(=O)OC(C)(C)C. The zero-order valence-electron chi connectivity index (χ0n) is 25.2. The second-order valence-corrected chi connectivity index (χ2v) is 12.2. The molecular formula is C28H33N7O9. The minimum Gasteiger partial charge on any atom is -0.443 e. The van der Waals surface area contributed by atoms with Crippen molar-refractivity contribution in [1.82, 2.24) is 24.8 Å². The average molecular weight is 612 g/mol. The molecule has 16 heteroatoms. The van der Waals surface area contributed by atoms with E-state index in [0.717, 1.165) is 9.58 Å². The monoisotopic (exact) mass is 611 g/mol. The molecule has 0 bridgehead atoms. The predicted molar refractivity (Wildman–Crippen MR) is 148 cm³/mol. The molecule has 2 fully saturated rings. The fourth-order valence-corrected chi connectivity index (χ4v) is 4.50. The van der Waals surface area contributed by atoms with E-state index >= 15 is 0 Å². The molecule has 2 aliphatic rings. The molecule has 234 valence electrons. The molecule has 16 nitrogen and oxygen atoms in total. The Morgan fingerprint density at radius 3 is 2.20 bits per heavy atom. The van der Waals surface area contributed by atoms with Gasteiger partial charge >= 0.3 is 18.3 Å². The number of nitriles is 1. The predicted octanol–water partition coefficient (Wildman–Crippen LogP) is 4.25. The van der Waals surface area contributed by atoms with Crippen molar-refractivity contribution in [3.05, 3.63) is 29.8 Å². The van der Waals surface area contributed by atoms with Crippen LogP contribution in [-0.4, -0.2) is 72.3 Å². The smallest absolute Gasteiger partial charge is 0.443 e. The average Bonchev–Trinajstić information content (AvgIpc) is 3.63. The fraction of sp³-hybridized carbons (Fsp3) is 0.536. The summed E-state index contributed by atoms with van der Waals surface area (Å²) in [6.07, 6.45) is -0.193. The van der Waals surface area contributed by atoms with Gasteiger partial charge in [0.2, 0.25) is 0 Å². The normalized spacial score (nSPS) is 18.5. The molecule has 1 aliphatic carbocycles. The number of ether oxygens (including phenoxy) is 3. The van der Waals surface area contributed by atoms with Gasteiger partial charge in [0.15, 0.2) is 17.3 Å². The fourth-order valence-electron chi connectivity index (χ4n) is 4.50. The van der Waals surface area contributed by atoms with E-state index in [-0.39, 0.29) is 42.5 Å². The van der Waals surface area contributed by atoms with Crippen LogP contribution in [0.1, 0.15) is 91.0 Å². The van der Waals surface area contributed by atoms with Gasteiger partial charge in [-0.3, -0.25) is 14.4 Å². The zero-order chi connectivity index (χ0) is 32.4. The van der Waals surface area contributed by atoms with E-state index in [1.54, 1.807) is 41.5 Å². The van der Waals surface area contributed by atoms with Gasteiger partial charge in [-0.25, -0.2) is 29.3 Å². The first kappa shape index (κ1) is 31.9. The van der Waals surface area contributed by atoms with Crippen molar-refractivity contribution < 1.29 is 43.0 Å². The Kier molecular flexibility index (Phi) is 8.88. The number of nitrogens with zero attached hydrogens (tertiary/aromatic N) is 7. The molecule has 2 aromatic rings. The lowest BCUT2D eigenvalue weighted by atomic mass is 10.0. The van der Waals surface area contributed by atoms with E-state index in [4.69, 9.17) is 24.3 Å². The highest BCUT2D eigenvalue weighted by Crippen LogP contribution is 2.38. The zero-order valence-corrected chi connectivity index (χ0v) is 25.2. The van der Waals surface area contributed by atoms with Gasteiger partial charge in [-0.1, -0.05) is 5.06 Å². The Bertz CT molecular complexity index is 1480. The van der Waals surface area contributed by atoms with Crippen LogP contribution in [0.5, 0.6) is 0 Å². The lowest BCUT2D eigenvalue weighted by Gasteiger charge is -2.27. The molecule has 3 heterocycles. The molecule has 4 rings (SSSR count). The molecule has 2 atom stereocenters. The Morgan fingerprint density at radius 2 is 1.64 bits per heavy atom. The molecule has 0 spiro atoms. The number of hydrogen-bond acceptors (Lipinski definition) is 13. The number of anilines is 2. The van der Waals surface area contributed by atoms with Crippen LogP contribution in [-0.2, 0) is 28.6 Å². The number of imide groups is 1. The van der Waals surface area contributed by atoms with Crippen molar-refractivity contribution >= 4 is 41.8 Å². The minimum atomic E-state index is -1.19. The van der Waals surface area contributed by atoms with Crippen molar-refractivity contribution in [2.24, 2.45) is 0 Å². The third-order valence-corrected chi connectivity index (χ3v) is 6.30. The first-order chi connectivity index (χ1) is 20.5. The highest BCUT2D eigenvalue weighted by molar-refractivity contribution is 6.01. The second-order valence-electron chi connectivity index (χ2n) is 12.2. The molecule has 1 saturated heterocycles. The van der Waals surface area contributed by atoms with Crippen molar-refractivity contribution in [2.45, 2.75) is 96.9 Å². The van der Waals surface area contributed by atoms with Gasteiger partial charge in [-0.15, -0.1) is 4.68 Å². The largest absolute Gasteiger partial charge is 0.534 e. The second kappa shape index (κ2) is 12.3. The van der Waals surface area contributed by atoms with Crippen LogP contribution in [0.25, 0.3) is 0 Å². The number of amides is 3. The third-order valence-electron chi connectivity index (χ3n) is 6.30. The summed E-state index contributed by atoms with van der Waals surface area (Å²) >= 11 is 0. The molecule has 1 saturated carbocycles. The summed E-state index contributed by atoms with van der Waals surface area (Å²) < 4.78 is 17.4. The maximum atomic E-state index is 13.5. The van der Waals surface area contributed by atoms with Crippen LogP contribution in [0.2, 0.25) is 0 Å². The first-order valence-electron chi connectivity index (χ1n) is 13.9. The lowest BCUT2D eigenvalue weighted by molar-refractivity contribution is -0.178. The van der Waals surface area contributed by atoms with Crippen LogP contribution in [0.3, 0.4) is 0 Å². The Balaban J connectivity index is 1.64. The van der Waals surface area contributed by atoms with E-state index in [1.165, 1.54) is 18.5 Å². The van der Waals surface area contributed by atoms with E-state index in [2.05, 4.69) is 15.1 Å². The summed E-state index contributed by atoms with van der Waals surface area (Å²) in [6, 6.07) is 3.36. The number of rotatable bonds is 5. The van der Waals surface area contributed by atoms with E-state index < -0.39 is 47.5 Å². The summed E-state index contributed by atoms with van der Waals surface area (Å²) in [4.78, 5) is 76.7. The van der Waals surface area contributed by atoms with E-state index in [9.17, 15) is 24.0 Å². The molecule has 0 N–H and O–H groups in total. The summed E-state index contributed by atoms with van der Waals surface area (Å²) in [5, 5.41) is 14.0. The molecule has 1 aliphatic heterocycles. The van der Waals surface area contributed by atoms with Gasteiger partial charge in [0.25, 0.3) is 11.8 Å². The van der Waals surface area contributed by atoms with Crippen molar-refractivity contribution in [2.75, 3.05) is 4.90 Å². The molecule has 0 aromatic carbocycles. The lowest BCUT2D eigenvalue weighted by Crippen LogP contribution is -2.37. The summed E-state index contributed by atoms with van der Waals surface area (Å²) in [6.45, 7) is 10.0. The van der Waals surface area contributed by atoms with Crippen molar-refractivity contribution in [3.63, 3.8) is 0 Å². The molecule has 0 radical (unpaired) electrons. The summed E-state index contributed by atoms with van der Waals surface area (Å²) in [5.41, 5.74) is -1.45. The number of aromatic nitrogens is 4. The Labute approximate surface area is 252 Å². The number of hydroxylamine groups is 2. The molecular weight excluding hydrogens is 578 g/mol. The number of carbonyl (C=O) groups excluding carboxylic acids is 5. The first-order valence-corrected chi connectivity index (χ1v) is 13.9.